The number of carboxylic acids is 1. The lowest BCUT2D eigenvalue weighted by atomic mass is 10.0. The normalized spacial score (nSPS) is 23.2. The van der Waals surface area contributed by atoms with Crippen molar-refractivity contribution < 1.29 is 32.6 Å². The van der Waals surface area contributed by atoms with Crippen LogP contribution < -0.4 is 4.90 Å². The van der Waals surface area contributed by atoms with Gasteiger partial charge in [0.25, 0.3) is 5.91 Å². The number of nitrogens with zero attached hydrogens (tertiary/aromatic N) is 1. The van der Waals surface area contributed by atoms with Crippen LogP contribution in [-0.2, 0) is 20.5 Å². The van der Waals surface area contributed by atoms with E-state index in [9.17, 15) is 22.8 Å². The van der Waals surface area contributed by atoms with Gasteiger partial charge in [-0.2, -0.15) is 13.2 Å². The summed E-state index contributed by atoms with van der Waals surface area (Å²) in [6.07, 6.45) is -4.64. The molecule has 1 atom stereocenters. The predicted molar refractivity (Wildman–Crippen MR) is 65.8 cm³/mol. The monoisotopic (exact) mass is 303 g/mol. The van der Waals surface area contributed by atoms with E-state index < -0.39 is 42.4 Å². The zero-order chi connectivity index (χ0) is 15.8. The molecule has 1 saturated heterocycles. The third-order valence-corrected chi connectivity index (χ3v) is 3.23. The average molecular weight is 303 g/mol. The van der Waals surface area contributed by atoms with E-state index in [1.807, 2.05) is 0 Å². The minimum Gasteiger partial charge on any atom is -0.479 e. The largest absolute Gasteiger partial charge is 0.479 e. The number of hydrogen-bond donors (Lipinski definition) is 1. The van der Waals surface area contributed by atoms with Gasteiger partial charge in [-0.1, -0.05) is 12.1 Å². The van der Waals surface area contributed by atoms with Gasteiger partial charge in [0.2, 0.25) is 0 Å². The van der Waals surface area contributed by atoms with Crippen LogP contribution in [0, 0.1) is 0 Å². The molecule has 0 aliphatic carbocycles. The van der Waals surface area contributed by atoms with E-state index >= 15 is 0 Å². The Balaban J connectivity index is 2.45. The van der Waals surface area contributed by atoms with Crippen LogP contribution in [-0.4, -0.2) is 35.7 Å². The van der Waals surface area contributed by atoms with E-state index in [1.54, 1.807) is 0 Å². The summed E-state index contributed by atoms with van der Waals surface area (Å²) >= 11 is 0. The van der Waals surface area contributed by atoms with Crippen LogP contribution in [0.15, 0.2) is 24.3 Å². The second-order valence-electron chi connectivity index (χ2n) is 4.82. The molecule has 1 amide bonds. The number of amides is 1. The Bertz CT molecular complexity index is 587. The first-order valence-electron chi connectivity index (χ1n) is 5.99. The molecular weight excluding hydrogens is 291 g/mol. The van der Waals surface area contributed by atoms with Crippen LogP contribution in [0.3, 0.4) is 0 Å². The van der Waals surface area contributed by atoms with E-state index in [-0.39, 0.29) is 5.69 Å². The second kappa shape index (κ2) is 5.03. The Morgan fingerprint density at radius 1 is 1.38 bits per heavy atom. The molecule has 1 aromatic carbocycles. The number of carbonyl (C=O) groups excluding carboxylic acids is 1. The van der Waals surface area contributed by atoms with Crippen LogP contribution in [0.25, 0.3) is 0 Å². The molecule has 1 N–H and O–H groups in total. The number of anilines is 1. The van der Waals surface area contributed by atoms with E-state index in [2.05, 4.69) is 0 Å². The van der Waals surface area contributed by atoms with Crippen molar-refractivity contribution in [3.63, 3.8) is 0 Å². The van der Waals surface area contributed by atoms with Gasteiger partial charge < -0.3 is 14.7 Å². The maximum Gasteiger partial charge on any atom is 0.418 e. The molecule has 2 rings (SSSR count). The van der Waals surface area contributed by atoms with Crippen molar-refractivity contribution in [2.75, 3.05) is 18.1 Å². The van der Waals surface area contributed by atoms with Gasteiger partial charge in [0.05, 0.1) is 17.8 Å². The second-order valence-corrected chi connectivity index (χ2v) is 4.82. The number of halogens is 3. The standard InChI is InChI=1S/C13H12F3NO4/c1-12(11(19)20)7-17(10(18)6-21-12)9-5-3-2-4-8(9)13(14,15)16/h2-5H,6-7H2,1H3,(H,19,20). The molecule has 8 heteroatoms. The molecule has 21 heavy (non-hydrogen) atoms. The molecule has 114 valence electrons. The third kappa shape index (κ3) is 2.85. The predicted octanol–water partition coefficient (Wildman–Crippen LogP) is 1.91. The Morgan fingerprint density at radius 2 is 2.00 bits per heavy atom. The van der Waals surface area contributed by atoms with Gasteiger partial charge in [-0.15, -0.1) is 0 Å². The maximum atomic E-state index is 13.0. The Kier molecular flexibility index (Phi) is 3.66. The summed E-state index contributed by atoms with van der Waals surface area (Å²) in [6.45, 7) is 0.133. The Hall–Kier alpha value is -2.09. The SMILES string of the molecule is CC1(C(=O)O)CN(c2ccccc2C(F)(F)F)C(=O)CO1. The van der Waals surface area contributed by atoms with Crippen molar-refractivity contribution in [3.05, 3.63) is 29.8 Å². The zero-order valence-electron chi connectivity index (χ0n) is 11.0. The molecule has 1 aliphatic rings. The van der Waals surface area contributed by atoms with Crippen molar-refractivity contribution in [1.82, 2.24) is 0 Å². The summed E-state index contributed by atoms with van der Waals surface area (Å²) in [4.78, 5) is 23.8. The van der Waals surface area contributed by atoms with Gasteiger partial charge in [-0.3, -0.25) is 4.79 Å². The van der Waals surface area contributed by atoms with Crippen molar-refractivity contribution in [2.45, 2.75) is 18.7 Å². The quantitative estimate of drug-likeness (QED) is 0.906. The lowest BCUT2D eigenvalue weighted by Crippen LogP contribution is -2.57. The topological polar surface area (TPSA) is 66.8 Å². The molecule has 1 fully saturated rings. The van der Waals surface area contributed by atoms with Crippen molar-refractivity contribution in [1.29, 1.82) is 0 Å². The highest BCUT2D eigenvalue weighted by molar-refractivity contribution is 5.98. The Morgan fingerprint density at radius 3 is 2.57 bits per heavy atom. The number of hydrogen-bond acceptors (Lipinski definition) is 3. The van der Waals surface area contributed by atoms with Crippen molar-refractivity contribution in [3.8, 4) is 0 Å². The van der Waals surface area contributed by atoms with Gasteiger partial charge in [0.1, 0.15) is 6.61 Å². The number of ether oxygens (including phenoxy) is 1. The molecule has 1 aromatic rings. The number of para-hydroxylation sites is 1. The minimum absolute atomic E-state index is 0.370. The van der Waals surface area contributed by atoms with E-state index in [4.69, 9.17) is 9.84 Å². The van der Waals surface area contributed by atoms with E-state index in [0.717, 1.165) is 17.0 Å². The molecule has 1 heterocycles. The van der Waals surface area contributed by atoms with Crippen LogP contribution in [0.5, 0.6) is 0 Å². The fraction of sp³-hybridized carbons (Fsp3) is 0.385. The number of morpholine rings is 1. The first-order chi connectivity index (χ1) is 9.65. The smallest absolute Gasteiger partial charge is 0.418 e. The number of carbonyl (C=O) groups is 2. The van der Waals surface area contributed by atoms with Crippen molar-refractivity contribution in [2.24, 2.45) is 0 Å². The fourth-order valence-electron chi connectivity index (χ4n) is 2.03. The lowest BCUT2D eigenvalue weighted by molar-refractivity contribution is -0.168. The third-order valence-electron chi connectivity index (χ3n) is 3.23. The first kappa shape index (κ1) is 15.3. The number of aliphatic carboxylic acids is 1. The van der Waals surface area contributed by atoms with Gasteiger partial charge in [-0.05, 0) is 19.1 Å². The highest BCUT2D eigenvalue weighted by atomic mass is 19.4. The van der Waals surface area contributed by atoms with Gasteiger partial charge >= 0.3 is 12.1 Å². The summed E-state index contributed by atoms with van der Waals surface area (Å²) in [6, 6.07) is 4.53. The zero-order valence-corrected chi connectivity index (χ0v) is 11.0. The van der Waals surface area contributed by atoms with Crippen molar-refractivity contribution >= 4 is 17.6 Å². The minimum atomic E-state index is -4.64. The summed E-state index contributed by atoms with van der Waals surface area (Å²) in [5, 5.41) is 9.09. The number of carboxylic acid groups (broad SMARTS) is 1. The lowest BCUT2D eigenvalue weighted by Gasteiger charge is -2.38. The molecule has 1 unspecified atom stereocenters. The Labute approximate surface area is 117 Å². The molecular formula is C13H12F3NO4. The highest BCUT2D eigenvalue weighted by Crippen LogP contribution is 2.37. The van der Waals surface area contributed by atoms with E-state index in [0.29, 0.717) is 0 Å². The fourth-order valence-corrected chi connectivity index (χ4v) is 2.03. The summed E-state index contributed by atoms with van der Waals surface area (Å²) in [5.41, 5.74) is -3.11. The molecule has 5 nitrogen and oxygen atoms in total. The van der Waals surface area contributed by atoms with Crippen LogP contribution in [0.2, 0.25) is 0 Å². The summed E-state index contributed by atoms with van der Waals surface area (Å²) in [7, 11) is 0. The molecule has 0 radical (unpaired) electrons. The first-order valence-corrected chi connectivity index (χ1v) is 5.99. The van der Waals surface area contributed by atoms with Gasteiger partial charge in [0, 0.05) is 0 Å². The number of rotatable bonds is 2. The van der Waals surface area contributed by atoms with Crippen LogP contribution in [0.1, 0.15) is 12.5 Å². The molecule has 0 saturated carbocycles. The van der Waals surface area contributed by atoms with Gasteiger partial charge in [-0.25, -0.2) is 4.79 Å². The average Bonchev–Trinajstić information content (AvgIpc) is 2.40. The number of alkyl halides is 3. The van der Waals surface area contributed by atoms with E-state index in [1.165, 1.54) is 19.1 Å². The molecule has 1 aliphatic heterocycles. The summed E-state index contributed by atoms with van der Waals surface area (Å²) in [5.74, 6) is -2.06. The molecule has 0 bridgehead atoms. The summed E-state index contributed by atoms with van der Waals surface area (Å²) < 4.78 is 43.9. The van der Waals surface area contributed by atoms with Crippen LogP contribution in [0.4, 0.5) is 18.9 Å². The highest BCUT2D eigenvalue weighted by Gasteiger charge is 2.45. The molecule has 0 spiro atoms. The van der Waals surface area contributed by atoms with Crippen LogP contribution >= 0.6 is 0 Å². The van der Waals surface area contributed by atoms with Gasteiger partial charge in [0.15, 0.2) is 5.60 Å². The maximum absolute atomic E-state index is 13.0. The number of benzene rings is 1. The molecule has 0 aromatic heterocycles.